The van der Waals surface area contributed by atoms with Gasteiger partial charge in [0.1, 0.15) is 5.82 Å². The molecule has 6 heteroatoms. The number of nitrogens with one attached hydrogen (secondary N) is 1. The van der Waals surface area contributed by atoms with Crippen LogP contribution in [0, 0.1) is 6.92 Å². The Bertz CT molecular complexity index is 719. The van der Waals surface area contributed by atoms with Crippen LogP contribution in [0.2, 0.25) is 10.0 Å². The molecule has 126 valence electrons. The number of piperazine rings is 1. The number of hydrogen-bond acceptors (Lipinski definition) is 4. The Kier molecular flexibility index (Phi) is 5.17. The number of aryl methyl sites for hydroxylation is 1. The number of rotatable bonds is 4. The molecule has 0 radical (unpaired) electrons. The third kappa shape index (κ3) is 4.13. The summed E-state index contributed by atoms with van der Waals surface area (Å²) in [6, 6.07) is 9.64. The second kappa shape index (κ2) is 7.32. The molecule has 1 aromatic heterocycles. The lowest BCUT2D eigenvalue weighted by atomic mass is 10.2. The van der Waals surface area contributed by atoms with Gasteiger partial charge in [-0.25, -0.2) is 4.98 Å². The maximum Gasteiger partial charge on any atom is 0.131 e. The third-order valence-electron chi connectivity index (χ3n) is 4.06. The van der Waals surface area contributed by atoms with Gasteiger partial charge in [0.25, 0.3) is 0 Å². The van der Waals surface area contributed by atoms with Crippen LogP contribution in [0.15, 0.2) is 48.9 Å². The van der Waals surface area contributed by atoms with Gasteiger partial charge in [0.05, 0.1) is 5.82 Å². The molecule has 1 N–H and O–H groups in total. The van der Waals surface area contributed by atoms with Gasteiger partial charge >= 0.3 is 0 Å². The summed E-state index contributed by atoms with van der Waals surface area (Å²) in [5, 5.41) is 4.61. The second-order valence-corrected chi connectivity index (χ2v) is 6.76. The van der Waals surface area contributed by atoms with Crippen LogP contribution >= 0.6 is 23.2 Å². The fourth-order valence-electron chi connectivity index (χ4n) is 2.79. The molecule has 0 aliphatic carbocycles. The highest BCUT2D eigenvalue weighted by Crippen LogP contribution is 2.26. The number of nitrogens with zero attached hydrogens (tertiary/aromatic N) is 3. The summed E-state index contributed by atoms with van der Waals surface area (Å²) in [5.41, 5.74) is 2.23. The summed E-state index contributed by atoms with van der Waals surface area (Å²) in [5.74, 6) is 1.70. The maximum atomic E-state index is 6.10. The molecule has 3 rings (SSSR count). The average molecular weight is 363 g/mol. The first-order valence-electron chi connectivity index (χ1n) is 7.86. The molecule has 0 atom stereocenters. The Morgan fingerprint density at radius 3 is 2.38 bits per heavy atom. The normalized spacial score (nSPS) is 14.6. The highest BCUT2D eigenvalue weighted by atomic mass is 35.5. The summed E-state index contributed by atoms with van der Waals surface area (Å²) in [7, 11) is 0. The van der Waals surface area contributed by atoms with Crippen LogP contribution in [0.3, 0.4) is 0 Å². The van der Waals surface area contributed by atoms with Gasteiger partial charge in [-0.2, -0.15) is 0 Å². The van der Waals surface area contributed by atoms with Gasteiger partial charge in [-0.3, -0.25) is 0 Å². The second-order valence-electron chi connectivity index (χ2n) is 5.89. The largest absolute Gasteiger partial charge is 0.368 e. The van der Waals surface area contributed by atoms with Crippen LogP contribution in [-0.2, 0) is 0 Å². The number of anilines is 2. The number of aromatic nitrogens is 1. The monoisotopic (exact) mass is 362 g/mol. The Morgan fingerprint density at radius 2 is 1.75 bits per heavy atom. The Labute approximate surface area is 152 Å². The van der Waals surface area contributed by atoms with E-state index in [2.05, 4.69) is 26.7 Å². The van der Waals surface area contributed by atoms with E-state index in [4.69, 9.17) is 23.2 Å². The zero-order valence-corrected chi connectivity index (χ0v) is 15.1. The van der Waals surface area contributed by atoms with Gasteiger partial charge in [0.15, 0.2) is 0 Å². The Morgan fingerprint density at radius 1 is 1.08 bits per heavy atom. The predicted molar refractivity (Wildman–Crippen MR) is 102 cm³/mol. The fraction of sp³-hybridized carbons (Fsp3) is 0.278. The van der Waals surface area contributed by atoms with Gasteiger partial charge in [-0.05, 0) is 42.8 Å². The molecule has 2 aromatic rings. The molecule has 1 aliphatic heterocycles. The van der Waals surface area contributed by atoms with Crippen molar-refractivity contribution < 1.29 is 0 Å². The van der Waals surface area contributed by atoms with Crippen molar-refractivity contribution in [1.29, 1.82) is 0 Å². The Balaban J connectivity index is 1.59. The summed E-state index contributed by atoms with van der Waals surface area (Å²) in [6.45, 7) is 9.72. The Hall–Kier alpha value is -1.91. The van der Waals surface area contributed by atoms with Crippen LogP contribution in [0.4, 0.5) is 11.5 Å². The van der Waals surface area contributed by atoms with E-state index >= 15 is 0 Å². The predicted octanol–water partition coefficient (Wildman–Crippen LogP) is 4.40. The molecule has 0 unspecified atom stereocenters. The average Bonchev–Trinajstić information content (AvgIpc) is 2.54. The smallest absolute Gasteiger partial charge is 0.131 e. The lowest BCUT2D eigenvalue weighted by molar-refractivity contribution is 0.325. The first-order valence-corrected chi connectivity index (χ1v) is 8.61. The summed E-state index contributed by atoms with van der Waals surface area (Å²) in [4.78, 5) is 8.83. The summed E-state index contributed by atoms with van der Waals surface area (Å²) >= 11 is 12.2. The summed E-state index contributed by atoms with van der Waals surface area (Å²) in [6.07, 6.45) is 1.80. The minimum atomic E-state index is 0.663. The topological polar surface area (TPSA) is 31.4 Å². The molecule has 24 heavy (non-hydrogen) atoms. The minimum absolute atomic E-state index is 0.663. The highest BCUT2D eigenvalue weighted by Gasteiger charge is 2.19. The maximum absolute atomic E-state index is 6.10. The first kappa shape index (κ1) is 16.9. The van der Waals surface area contributed by atoms with E-state index in [0.717, 1.165) is 43.5 Å². The van der Waals surface area contributed by atoms with E-state index in [9.17, 15) is 0 Å². The zero-order chi connectivity index (χ0) is 17.1. The van der Waals surface area contributed by atoms with Crippen LogP contribution < -0.4 is 10.2 Å². The molecule has 0 saturated carbocycles. The highest BCUT2D eigenvalue weighted by molar-refractivity contribution is 6.35. The molecular formula is C18H20Cl2N4. The van der Waals surface area contributed by atoms with Gasteiger partial charge in [0, 0.05) is 48.1 Å². The molecule has 0 amide bonds. The molecule has 0 bridgehead atoms. The van der Waals surface area contributed by atoms with Crippen molar-refractivity contribution in [3.63, 3.8) is 0 Å². The SMILES string of the molecule is C=C(Nc1cc(C)ccn1)N1CCN(c2cc(Cl)cc(Cl)c2)CC1. The van der Waals surface area contributed by atoms with Crippen LogP contribution in [-0.4, -0.2) is 36.1 Å². The van der Waals surface area contributed by atoms with Crippen LogP contribution in [0.25, 0.3) is 0 Å². The molecule has 0 spiro atoms. The number of pyridine rings is 1. The van der Waals surface area contributed by atoms with Crippen LogP contribution in [0.1, 0.15) is 5.56 Å². The first-order chi connectivity index (χ1) is 11.5. The van der Waals surface area contributed by atoms with Gasteiger partial charge < -0.3 is 15.1 Å². The van der Waals surface area contributed by atoms with Crippen molar-refractivity contribution in [1.82, 2.24) is 9.88 Å². The third-order valence-corrected chi connectivity index (χ3v) is 4.50. The molecule has 1 aromatic carbocycles. The van der Waals surface area contributed by atoms with E-state index < -0.39 is 0 Å². The number of benzene rings is 1. The van der Waals surface area contributed by atoms with Gasteiger partial charge in [-0.1, -0.05) is 29.8 Å². The van der Waals surface area contributed by atoms with Crippen LogP contribution in [0.5, 0.6) is 0 Å². The molecule has 1 fully saturated rings. The molecule has 2 heterocycles. The number of hydrogen-bond donors (Lipinski definition) is 1. The van der Waals surface area contributed by atoms with E-state index in [-0.39, 0.29) is 0 Å². The van der Waals surface area contributed by atoms with E-state index in [1.165, 1.54) is 5.56 Å². The lowest BCUT2D eigenvalue weighted by Crippen LogP contribution is -2.46. The molecule has 1 aliphatic rings. The van der Waals surface area contributed by atoms with Crippen molar-refractivity contribution in [2.45, 2.75) is 6.92 Å². The van der Waals surface area contributed by atoms with Crippen molar-refractivity contribution in [2.24, 2.45) is 0 Å². The van der Waals surface area contributed by atoms with Gasteiger partial charge in [0.2, 0.25) is 0 Å². The van der Waals surface area contributed by atoms with Crippen molar-refractivity contribution in [3.05, 3.63) is 64.5 Å². The summed E-state index contributed by atoms with van der Waals surface area (Å²) < 4.78 is 0. The molecule has 4 nitrogen and oxygen atoms in total. The quantitative estimate of drug-likeness (QED) is 0.872. The van der Waals surface area contributed by atoms with Crippen molar-refractivity contribution in [3.8, 4) is 0 Å². The van der Waals surface area contributed by atoms with E-state index in [1.807, 2.05) is 31.2 Å². The lowest BCUT2D eigenvalue weighted by Gasteiger charge is -2.38. The standard InChI is InChI=1S/C18H20Cl2N4/c1-13-3-4-21-18(9-13)22-14(2)23-5-7-24(8-6-23)17-11-15(19)10-16(20)12-17/h3-4,9-12H,2,5-8H2,1H3,(H,21,22). The van der Waals surface area contributed by atoms with Crippen molar-refractivity contribution >= 4 is 34.7 Å². The number of halogens is 2. The zero-order valence-electron chi connectivity index (χ0n) is 13.6. The molecular weight excluding hydrogens is 343 g/mol. The van der Waals surface area contributed by atoms with Crippen molar-refractivity contribution in [2.75, 3.05) is 36.4 Å². The van der Waals surface area contributed by atoms with E-state index in [0.29, 0.717) is 10.0 Å². The molecule has 1 saturated heterocycles. The van der Waals surface area contributed by atoms with Gasteiger partial charge in [-0.15, -0.1) is 0 Å². The fourth-order valence-corrected chi connectivity index (χ4v) is 3.30. The van der Waals surface area contributed by atoms with E-state index in [1.54, 1.807) is 12.3 Å². The minimum Gasteiger partial charge on any atom is -0.368 e.